The number of nitrogens with zero attached hydrogens (tertiary/aromatic N) is 4. The molecule has 4 aromatic rings. The minimum atomic E-state index is -0.418. The number of carbonyl (C=O) groups excluding carboxylic acids is 1. The van der Waals surface area contributed by atoms with Crippen molar-refractivity contribution in [3.63, 3.8) is 0 Å². The molecule has 1 aliphatic heterocycles. The number of amides is 1. The molecule has 0 aliphatic carbocycles. The van der Waals surface area contributed by atoms with Crippen LogP contribution in [0.2, 0.25) is 0 Å². The molecule has 0 saturated carbocycles. The number of primary amides is 1. The second-order valence-electron chi connectivity index (χ2n) is 8.97. The number of piperazine rings is 1. The lowest BCUT2D eigenvalue weighted by molar-refractivity contribution is 0.100. The van der Waals surface area contributed by atoms with E-state index < -0.39 is 5.91 Å². The van der Waals surface area contributed by atoms with E-state index in [1.165, 1.54) is 28.0 Å². The summed E-state index contributed by atoms with van der Waals surface area (Å²) < 4.78 is 0.834. The van der Waals surface area contributed by atoms with Crippen LogP contribution in [0.1, 0.15) is 32.9 Å². The van der Waals surface area contributed by atoms with E-state index in [1.807, 2.05) is 25.1 Å². The number of anilines is 1. The molecule has 1 amide bonds. The third kappa shape index (κ3) is 5.41. The van der Waals surface area contributed by atoms with Crippen LogP contribution < -0.4 is 10.6 Å². The lowest BCUT2D eigenvalue weighted by atomic mass is 10.1. The van der Waals surface area contributed by atoms with Crippen molar-refractivity contribution in [2.75, 3.05) is 37.6 Å². The molecule has 184 valence electrons. The molecule has 3 heterocycles. The Morgan fingerprint density at radius 2 is 1.97 bits per heavy atom. The van der Waals surface area contributed by atoms with Gasteiger partial charge in [0.2, 0.25) is 0 Å². The molecule has 1 saturated heterocycles. The first-order chi connectivity index (χ1) is 17.5. The topological polar surface area (TPSA) is 102 Å². The van der Waals surface area contributed by atoms with E-state index in [0.29, 0.717) is 16.1 Å². The molecule has 1 fully saturated rings. The number of nitrogens with two attached hydrogens (primary N) is 1. The molecule has 3 N–H and O–H groups in total. The third-order valence-corrected chi connectivity index (χ3v) is 8.84. The van der Waals surface area contributed by atoms with Crippen molar-refractivity contribution in [2.45, 2.75) is 29.0 Å². The summed E-state index contributed by atoms with van der Waals surface area (Å²) in [6.45, 7) is 7.03. The summed E-state index contributed by atoms with van der Waals surface area (Å²) in [6.07, 6.45) is 4.19. The lowest BCUT2D eigenvalue weighted by Gasteiger charge is -2.36. The van der Waals surface area contributed by atoms with E-state index in [9.17, 15) is 10.1 Å². The van der Waals surface area contributed by atoms with Gasteiger partial charge in [-0.2, -0.15) is 5.26 Å². The van der Waals surface area contributed by atoms with Gasteiger partial charge in [0.1, 0.15) is 4.88 Å². The summed E-state index contributed by atoms with van der Waals surface area (Å²) in [5.74, 6) is -0.418. The molecular formula is C27H28N6OS2. The highest BCUT2D eigenvalue weighted by atomic mass is 32.2. The van der Waals surface area contributed by atoms with Gasteiger partial charge in [-0.15, -0.1) is 11.3 Å². The highest BCUT2D eigenvalue weighted by molar-refractivity contribution is 8.01. The van der Waals surface area contributed by atoms with Crippen molar-refractivity contribution in [1.82, 2.24) is 14.9 Å². The summed E-state index contributed by atoms with van der Waals surface area (Å²) in [5, 5.41) is 10.4. The number of benzene rings is 2. The highest BCUT2D eigenvalue weighted by Crippen LogP contribution is 2.33. The molecule has 0 unspecified atom stereocenters. The number of aryl methyl sites for hydroxylation is 2. The van der Waals surface area contributed by atoms with Crippen molar-refractivity contribution >= 4 is 45.6 Å². The summed E-state index contributed by atoms with van der Waals surface area (Å²) in [5.41, 5.74) is 10.4. The number of nitrogens with one attached hydrogen (secondary N) is 1. The maximum absolute atomic E-state index is 11.5. The number of H-pyrrole nitrogens is 1. The van der Waals surface area contributed by atoms with Gasteiger partial charge in [0.15, 0.2) is 4.34 Å². The van der Waals surface area contributed by atoms with Gasteiger partial charge in [0.05, 0.1) is 17.3 Å². The first kappa shape index (κ1) is 24.4. The molecule has 2 aromatic heterocycles. The van der Waals surface area contributed by atoms with Crippen LogP contribution in [-0.4, -0.2) is 53.5 Å². The lowest BCUT2D eigenvalue weighted by Crippen LogP contribution is -2.46. The minimum absolute atomic E-state index is 0.418. The van der Waals surface area contributed by atoms with Gasteiger partial charge in [-0.1, -0.05) is 11.8 Å². The average Bonchev–Trinajstić information content (AvgIpc) is 3.47. The summed E-state index contributed by atoms with van der Waals surface area (Å²) in [6, 6.07) is 16.6. The number of aromatic nitrogens is 2. The number of thiazole rings is 1. The normalized spacial score (nSPS) is 14.3. The van der Waals surface area contributed by atoms with Gasteiger partial charge >= 0.3 is 0 Å². The predicted octanol–water partition coefficient (Wildman–Crippen LogP) is 4.81. The SMILES string of the molecule is Cc1nc(Sc2ccc(N3CCN(CCCc4c[nH]c5ccc(C#N)cc45)CC3)cc2)sc1C(N)=O. The van der Waals surface area contributed by atoms with E-state index in [2.05, 4.69) is 56.3 Å². The Kier molecular flexibility index (Phi) is 7.28. The van der Waals surface area contributed by atoms with E-state index >= 15 is 0 Å². The standard InChI is InChI=1S/C27H28N6OS2/c1-18-25(26(29)34)36-27(31-18)35-22-7-5-21(6-8-22)33-13-11-32(12-14-33)10-2-3-20-17-30-24-9-4-19(16-28)15-23(20)24/h4-9,15,17,30H,2-3,10-14H2,1H3,(H2,29,34). The van der Waals surface area contributed by atoms with Crippen LogP contribution in [0.3, 0.4) is 0 Å². The second kappa shape index (κ2) is 10.7. The molecule has 0 atom stereocenters. The minimum Gasteiger partial charge on any atom is -0.369 e. The quantitative estimate of drug-likeness (QED) is 0.349. The number of nitriles is 1. The largest absolute Gasteiger partial charge is 0.369 e. The Balaban J connectivity index is 1.10. The van der Waals surface area contributed by atoms with E-state index in [1.54, 1.807) is 11.8 Å². The molecule has 0 bridgehead atoms. The Labute approximate surface area is 218 Å². The van der Waals surface area contributed by atoms with Crippen LogP contribution in [0, 0.1) is 18.3 Å². The first-order valence-corrected chi connectivity index (χ1v) is 13.7. The van der Waals surface area contributed by atoms with Crippen LogP contribution >= 0.6 is 23.1 Å². The fraction of sp³-hybridized carbons (Fsp3) is 0.296. The fourth-order valence-corrected chi connectivity index (χ4v) is 6.66. The zero-order chi connectivity index (χ0) is 25.1. The molecule has 7 nitrogen and oxygen atoms in total. The van der Waals surface area contributed by atoms with Gasteiger partial charge in [-0.25, -0.2) is 4.98 Å². The average molecular weight is 517 g/mol. The molecule has 36 heavy (non-hydrogen) atoms. The summed E-state index contributed by atoms with van der Waals surface area (Å²) in [7, 11) is 0. The molecule has 0 spiro atoms. The van der Waals surface area contributed by atoms with Crippen LogP contribution in [0.5, 0.6) is 0 Å². The molecule has 9 heteroatoms. The number of hydrogen-bond acceptors (Lipinski definition) is 7. The molecule has 2 aromatic carbocycles. The Morgan fingerprint density at radius 3 is 2.67 bits per heavy atom. The smallest absolute Gasteiger partial charge is 0.260 e. The Bertz CT molecular complexity index is 1410. The summed E-state index contributed by atoms with van der Waals surface area (Å²) >= 11 is 2.91. The predicted molar refractivity (Wildman–Crippen MR) is 146 cm³/mol. The number of hydrogen-bond donors (Lipinski definition) is 2. The van der Waals surface area contributed by atoms with E-state index in [0.717, 1.165) is 60.3 Å². The van der Waals surface area contributed by atoms with Gasteiger partial charge in [-0.3, -0.25) is 9.69 Å². The van der Waals surface area contributed by atoms with Crippen molar-refractivity contribution in [3.8, 4) is 6.07 Å². The highest BCUT2D eigenvalue weighted by Gasteiger charge is 2.18. The van der Waals surface area contributed by atoms with Gasteiger partial charge in [0, 0.05) is 53.9 Å². The van der Waals surface area contributed by atoms with Gasteiger partial charge in [0.25, 0.3) is 5.91 Å². The monoisotopic (exact) mass is 516 g/mol. The van der Waals surface area contributed by atoms with Crippen molar-refractivity contribution in [3.05, 3.63) is 70.4 Å². The third-order valence-electron chi connectivity index (χ3n) is 6.60. The van der Waals surface area contributed by atoms with E-state index in [-0.39, 0.29) is 0 Å². The zero-order valence-corrected chi connectivity index (χ0v) is 21.8. The van der Waals surface area contributed by atoms with Crippen LogP contribution in [-0.2, 0) is 6.42 Å². The second-order valence-corrected chi connectivity index (χ2v) is 11.3. The van der Waals surface area contributed by atoms with Crippen LogP contribution in [0.4, 0.5) is 5.69 Å². The van der Waals surface area contributed by atoms with Crippen molar-refractivity contribution < 1.29 is 4.79 Å². The number of rotatable bonds is 8. The Hall–Kier alpha value is -3.32. The molecule has 0 radical (unpaired) electrons. The van der Waals surface area contributed by atoms with E-state index in [4.69, 9.17) is 5.73 Å². The van der Waals surface area contributed by atoms with Crippen LogP contribution in [0.15, 0.2) is 57.9 Å². The number of aromatic amines is 1. The van der Waals surface area contributed by atoms with Crippen molar-refractivity contribution in [1.29, 1.82) is 5.26 Å². The zero-order valence-electron chi connectivity index (χ0n) is 20.2. The first-order valence-electron chi connectivity index (χ1n) is 12.0. The van der Waals surface area contributed by atoms with Gasteiger partial charge < -0.3 is 15.6 Å². The summed E-state index contributed by atoms with van der Waals surface area (Å²) in [4.78, 5) is 25.9. The van der Waals surface area contributed by atoms with Crippen molar-refractivity contribution in [2.24, 2.45) is 5.73 Å². The fourth-order valence-electron chi connectivity index (χ4n) is 4.65. The van der Waals surface area contributed by atoms with Crippen LogP contribution in [0.25, 0.3) is 10.9 Å². The molecule has 1 aliphatic rings. The number of carbonyl (C=O) groups is 1. The maximum Gasteiger partial charge on any atom is 0.260 e. The Morgan fingerprint density at radius 1 is 1.19 bits per heavy atom. The number of fused-ring (bicyclic) bond motifs is 1. The molecule has 5 rings (SSSR count). The molecular weight excluding hydrogens is 488 g/mol. The maximum atomic E-state index is 11.5. The van der Waals surface area contributed by atoms with Gasteiger partial charge in [-0.05, 0) is 74.3 Å².